The highest BCUT2D eigenvalue weighted by Gasteiger charge is 2.19. The van der Waals surface area contributed by atoms with Crippen LogP contribution >= 0.6 is 0 Å². The van der Waals surface area contributed by atoms with Gasteiger partial charge in [-0.15, -0.1) is 0 Å². The van der Waals surface area contributed by atoms with Crippen LogP contribution in [0.25, 0.3) is 0 Å². The average Bonchev–Trinajstić information content (AvgIpc) is 2.72. The smallest absolute Gasteiger partial charge is 0.246 e. The lowest BCUT2D eigenvalue weighted by molar-refractivity contribution is -0.129. The predicted molar refractivity (Wildman–Crippen MR) is 115 cm³/mol. The molecular weight excluding hydrogens is 350 g/mol. The second-order valence-electron chi connectivity index (χ2n) is 8.50. The number of hydrogen-bond donors (Lipinski definition) is 1. The van der Waals surface area contributed by atoms with E-state index < -0.39 is 0 Å². The summed E-state index contributed by atoms with van der Waals surface area (Å²) in [6, 6.07) is 8.95. The van der Waals surface area contributed by atoms with Crippen LogP contribution in [0.15, 0.2) is 24.3 Å². The van der Waals surface area contributed by atoms with Crippen LogP contribution in [0.1, 0.15) is 51.0 Å². The first-order valence-corrected chi connectivity index (χ1v) is 11.0. The Morgan fingerprint density at radius 3 is 2.64 bits per heavy atom. The van der Waals surface area contributed by atoms with Crippen LogP contribution in [-0.2, 0) is 9.53 Å². The molecule has 0 spiro atoms. The van der Waals surface area contributed by atoms with Crippen molar-refractivity contribution in [2.24, 2.45) is 0 Å². The number of hydrogen-bond acceptors (Lipinski definition) is 4. The van der Waals surface area contributed by atoms with Gasteiger partial charge in [0, 0.05) is 44.5 Å². The zero-order valence-electron chi connectivity index (χ0n) is 17.7. The van der Waals surface area contributed by atoms with E-state index in [1.54, 1.807) is 0 Å². The van der Waals surface area contributed by atoms with Gasteiger partial charge in [-0.25, -0.2) is 0 Å². The maximum atomic E-state index is 12.1. The molecule has 0 bridgehead atoms. The molecule has 0 unspecified atom stereocenters. The number of benzene rings is 1. The van der Waals surface area contributed by atoms with Crippen LogP contribution in [0.5, 0.6) is 0 Å². The topological polar surface area (TPSA) is 44.8 Å². The Bertz CT molecular complexity index is 608. The number of carbonyl (C=O) groups is 1. The van der Waals surface area contributed by atoms with Gasteiger partial charge in [0.15, 0.2) is 0 Å². The number of rotatable bonds is 8. The quantitative estimate of drug-likeness (QED) is 0.743. The Kier molecular flexibility index (Phi) is 8.16. The van der Waals surface area contributed by atoms with Crippen LogP contribution in [0.4, 0.5) is 5.69 Å². The Morgan fingerprint density at radius 2 is 1.93 bits per heavy atom. The van der Waals surface area contributed by atoms with E-state index in [-0.39, 0.29) is 18.6 Å². The van der Waals surface area contributed by atoms with Crippen molar-refractivity contribution in [3.8, 4) is 0 Å². The minimum atomic E-state index is 0.0299. The van der Waals surface area contributed by atoms with Gasteiger partial charge >= 0.3 is 0 Å². The van der Waals surface area contributed by atoms with Gasteiger partial charge in [0.05, 0.1) is 6.10 Å². The van der Waals surface area contributed by atoms with Crippen LogP contribution in [0.2, 0.25) is 0 Å². The molecule has 1 heterocycles. The van der Waals surface area contributed by atoms with E-state index in [1.807, 2.05) is 0 Å². The fraction of sp³-hybridized carbons (Fsp3) is 0.696. The van der Waals surface area contributed by atoms with E-state index in [1.165, 1.54) is 30.5 Å². The van der Waals surface area contributed by atoms with Gasteiger partial charge in [0.25, 0.3) is 0 Å². The largest absolute Gasteiger partial charge is 0.369 e. The summed E-state index contributed by atoms with van der Waals surface area (Å²) in [7, 11) is 0. The van der Waals surface area contributed by atoms with Gasteiger partial charge in [-0.1, -0.05) is 31.4 Å². The Labute approximate surface area is 170 Å². The molecule has 2 fully saturated rings. The third-order valence-corrected chi connectivity index (χ3v) is 6.03. The zero-order chi connectivity index (χ0) is 19.8. The maximum Gasteiger partial charge on any atom is 0.246 e. The summed E-state index contributed by atoms with van der Waals surface area (Å²) < 4.78 is 5.77. The minimum absolute atomic E-state index is 0.0299. The SMILES string of the molecule is Cc1cccc(N2CCN(CC[C@@H](C)NC(=O)COC3CCCCC3)CC2)c1. The monoisotopic (exact) mass is 387 g/mol. The van der Waals surface area contributed by atoms with E-state index >= 15 is 0 Å². The summed E-state index contributed by atoms with van der Waals surface area (Å²) >= 11 is 0. The molecule has 1 saturated carbocycles. The van der Waals surface area contributed by atoms with Crippen LogP contribution in [0, 0.1) is 6.92 Å². The molecule has 5 heteroatoms. The first-order valence-electron chi connectivity index (χ1n) is 11.0. The number of piperazine rings is 1. The molecule has 1 aliphatic carbocycles. The van der Waals surface area contributed by atoms with Crippen molar-refractivity contribution in [3.05, 3.63) is 29.8 Å². The third-order valence-electron chi connectivity index (χ3n) is 6.03. The number of carbonyl (C=O) groups excluding carboxylic acids is 1. The van der Waals surface area contributed by atoms with E-state index in [0.29, 0.717) is 6.10 Å². The molecule has 1 saturated heterocycles. The molecule has 1 N–H and O–H groups in total. The average molecular weight is 388 g/mol. The molecule has 1 aromatic rings. The third kappa shape index (κ3) is 6.78. The number of aryl methyl sites for hydroxylation is 1. The molecule has 1 aromatic carbocycles. The van der Waals surface area contributed by atoms with Crippen molar-refractivity contribution in [2.45, 2.75) is 64.5 Å². The van der Waals surface area contributed by atoms with Crippen molar-refractivity contribution in [3.63, 3.8) is 0 Å². The lowest BCUT2D eigenvalue weighted by Gasteiger charge is -2.36. The predicted octanol–water partition coefficient (Wildman–Crippen LogP) is 3.36. The molecule has 28 heavy (non-hydrogen) atoms. The number of ether oxygens (including phenoxy) is 1. The summed E-state index contributed by atoms with van der Waals surface area (Å²) in [5, 5.41) is 3.10. The summed E-state index contributed by atoms with van der Waals surface area (Å²) in [6.45, 7) is 9.80. The van der Waals surface area contributed by atoms with E-state index in [9.17, 15) is 4.79 Å². The van der Waals surface area contributed by atoms with Gasteiger partial charge in [0.1, 0.15) is 6.61 Å². The van der Waals surface area contributed by atoms with Crippen molar-refractivity contribution in [1.29, 1.82) is 0 Å². The number of amides is 1. The Hall–Kier alpha value is -1.59. The number of nitrogens with one attached hydrogen (secondary N) is 1. The fourth-order valence-corrected chi connectivity index (χ4v) is 4.24. The summed E-state index contributed by atoms with van der Waals surface area (Å²) in [5.74, 6) is 0.0299. The van der Waals surface area contributed by atoms with E-state index in [2.05, 4.69) is 53.2 Å². The van der Waals surface area contributed by atoms with Crippen molar-refractivity contribution < 1.29 is 9.53 Å². The van der Waals surface area contributed by atoms with Crippen LogP contribution in [0.3, 0.4) is 0 Å². The van der Waals surface area contributed by atoms with Gasteiger partial charge in [0.2, 0.25) is 5.91 Å². The zero-order valence-corrected chi connectivity index (χ0v) is 17.7. The van der Waals surface area contributed by atoms with Crippen molar-refractivity contribution in [2.75, 3.05) is 44.2 Å². The lowest BCUT2D eigenvalue weighted by Crippen LogP contribution is -2.47. The normalized spacial score (nSPS) is 20.1. The highest BCUT2D eigenvalue weighted by Crippen LogP contribution is 2.20. The Balaban J connectivity index is 1.29. The summed E-state index contributed by atoms with van der Waals surface area (Å²) in [6.07, 6.45) is 7.27. The molecular formula is C23H37N3O2. The van der Waals surface area contributed by atoms with Crippen molar-refractivity contribution in [1.82, 2.24) is 10.2 Å². The molecule has 3 rings (SSSR count). The fourth-order valence-electron chi connectivity index (χ4n) is 4.24. The highest BCUT2D eigenvalue weighted by molar-refractivity contribution is 5.77. The van der Waals surface area contributed by atoms with E-state index in [4.69, 9.17) is 4.74 Å². The molecule has 0 aromatic heterocycles. The highest BCUT2D eigenvalue weighted by atomic mass is 16.5. The molecule has 2 aliphatic rings. The second kappa shape index (κ2) is 10.8. The first kappa shape index (κ1) is 21.1. The number of nitrogens with zero attached hydrogens (tertiary/aromatic N) is 2. The molecule has 0 radical (unpaired) electrons. The molecule has 1 aliphatic heterocycles. The standard InChI is InChI=1S/C23H37N3O2/c1-19-7-6-8-21(17-19)26-15-13-25(14-16-26)12-11-20(2)24-23(27)18-28-22-9-4-3-5-10-22/h6-8,17,20,22H,3-5,9-16,18H2,1-2H3,(H,24,27)/t20-/m1/s1. The first-order chi connectivity index (χ1) is 13.6. The maximum absolute atomic E-state index is 12.1. The molecule has 1 amide bonds. The second-order valence-corrected chi connectivity index (χ2v) is 8.50. The Morgan fingerprint density at radius 1 is 1.18 bits per heavy atom. The van der Waals surface area contributed by atoms with Crippen LogP contribution < -0.4 is 10.2 Å². The van der Waals surface area contributed by atoms with Crippen LogP contribution in [-0.4, -0.2) is 62.3 Å². The minimum Gasteiger partial charge on any atom is -0.369 e. The molecule has 156 valence electrons. The molecule has 5 nitrogen and oxygen atoms in total. The lowest BCUT2D eigenvalue weighted by atomic mass is 9.98. The molecule has 1 atom stereocenters. The van der Waals surface area contributed by atoms with Gasteiger partial charge in [-0.3, -0.25) is 9.69 Å². The number of anilines is 1. The van der Waals surface area contributed by atoms with Crippen molar-refractivity contribution >= 4 is 11.6 Å². The van der Waals surface area contributed by atoms with Gasteiger partial charge in [-0.05, 0) is 50.8 Å². The summed E-state index contributed by atoms with van der Waals surface area (Å²) in [4.78, 5) is 17.1. The van der Waals surface area contributed by atoms with E-state index in [0.717, 1.165) is 52.0 Å². The van der Waals surface area contributed by atoms with Gasteiger partial charge < -0.3 is 15.0 Å². The summed E-state index contributed by atoms with van der Waals surface area (Å²) in [5.41, 5.74) is 2.65. The van der Waals surface area contributed by atoms with Gasteiger partial charge in [-0.2, -0.15) is 0 Å².